The third kappa shape index (κ3) is 5.21. The van der Waals surface area contributed by atoms with E-state index in [1.54, 1.807) is 0 Å². The van der Waals surface area contributed by atoms with Gasteiger partial charge in [0.2, 0.25) is 0 Å². The van der Waals surface area contributed by atoms with Crippen molar-refractivity contribution in [2.45, 2.75) is 19.6 Å². The Morgan fingerprint density at radius 2 is 1.80 bits per heavy atom. The Morgan fingerprint density at radius 3 is 2.45 bits per heavy atom. The molecule has 0 aliphatic carbocycles. The highest BCUT2D eigenvalue weighted by Crippen LogP contribution is 2.06. The molecule has 1 aromatic rings. The lowest BCUT2D eigenvalue weighted by molar-refractivity contribution is 0.00296. The molecule has 1 aliphatic rings. The van der Waals surface area contributed by atoms with Crippen LogP contribution >= 0.6 is 0 Å². The molecule has 0 saturated carbocycles. The van der Waals surface area contributed by atoms with E-state index >= 15 is 0 Å². The zero-order valence-corrected chi connectivity index (χ0v) is 12.6. The Hall–Kier alpha value is -0.940. The first-order valence-corrected chi connectivity index (χ1v) is 7.36. The van der Waals surface area contributed by atoms with Crippen molar-refractivity contribution in [3.05, 3.63) is 35.4 Å². The van der Waals surface area contributed by atoms with Gasteiger partial charge in [-0.15, -0.1) is 0 Å². The Morgan fingerprint density at radius 1 is 1.15 bits per heavy atom. The molecule has 1 fully saturated rings. The van der Waals surface area contributed by atoms with Gasteiger partial charge in [-0.1, -0.05) is 29.8 Å². The summed E-state index contributed by atoms with van der Waals surface area (Å²) in [6, 6.07) is 8.31. The number of aliphatic hydroxyl groups excluding tert-OH is 1. The number of aliphatic hydroxyl groups is 1. The van der Waals surface area contributed by atoms with Crippen molar-refractivity contribution >= 4 is 0 Å². The highest BCUT2D eigenvalue weighted by Gasteiger charge is 2.16. The summed E-state index contributed by atoms with van der Waals surface area (Å²) >= 11 is 0. The third-order valence-corrected chi connectivity index (χ3v) is 3.76. The second kappa shape index (κ2) is 7.74. The molecule has 1 aromatic carbocycles. The van der Waals surface area contributed by atoms with Crippen LogP contribution in [0.5, 0.6) is 0 Å². The first-order chi connectivity index (χ1) is 9.63. The summed E-state index contributed by atoms with van der Waals surface area (Å²) in [5.74, 6) is 0. The monoisotopic (exact) mass is 278 g/mol. The van der Waals surface area contributed by atoms with E-state index < -0.39 is 6.10 Å². The molecule has 0 aromatic heterocycles. The maximum Gasteiger partial charge on any atom is 0.0900 e. The lowest BCUT2D eigenvalue weighted by Crippen LogP contribution is -2.47. The smallest absolute Gasteiger partial charge is 0.0900 e. The van der Waals surface area contributed by atoms with Crippen molar-refractivity contribution in [1.82, 2.24) is 9.80 Å². The van der Waals surface area contributed by atoms with Crippen molar-refractivity contribution in [2.75, 3.05) is 46.4 Å². The Labute approximate surface area is 122 Å². The Balaban J connectivity index is 1.62. The quantitative estimate of drug-likeness (QED) is 0.846. The summed E-state index contributed by atoms with van der Waals surface area (Å²) in [6.07, 6.45) is -0.399. The van der Waals surface area contributed by atoms with E-state index in [0.717, 1.165) is 31.7 Å². The van der Waals surface area contributed by atoms with Gasteiger partial charge in [-0.3, -0.25) is 4.90 Å². The second-order valence-electron chi connectivity index (χ2n) is 5.76. The van der Waals surface area contributed by atoms with Crippen molar-refractivity contribution in [3.8, 4) is 0 Å². The fourth-order valence-electron chi connectivity index (χ4n) is 2.38. The molecule has 0 bridgehead atoms. The normalized spacial score (nSPS) is 19.1. The molecule has 1 saturated heterocycles. The molecule has 1 N–H and O–H groups in total. The van der Waals surface area contributed by atoms with Crippen LogP contribution in [0.15, 0.2) is 24.3 Å². The van der Waals surface area contributed by atoms with Gasteiger partial charge >= 0.3 is 0 Å². The van der Waals surface area contributed by atoms with Gasteiger partial charge in [-0.2, -0.15) is 0 Å². The number of piperazine rings is 1. The van der Waals surface area contributed by atoms with Crippen LogP contribution in [0.3, 0.4) is 0 Å². The number of rotatable bonds is 6. The van der Waals surface area contributed by atoms with Gasteiger partial charge < -0.3 is 14.7 Å². The van der Waals surface area contributed by atoms with Gasteiger partial charge in [-0.25, -0.2) is 0 Å². The molecule has 20 heavy (non-hydrogen) atoms. The van der Waals surface area contributed by atoms with E-state index in [9.17, 15) is 5.11 Å². The topological polar surface area (TPSA) is 35.9 Å². The number of aryl methyl sites for hydroxylation is 1. The molecule has 112 valence electrons. The average molecular weight is 278 g/mol. The number of hydrogen-bond donors (Lipinski definition) is 1. The lowest BCUT2D eigenvalue weighted by Gasteiger charge is -2.33. The first-order valence-electron chi connectivity index (χ1n) is 7.36. The van der Waals surface area contributed by atoms with Gasteiger partial charge in [0.05, 0.1) is 19.3 Å². The molecular formula is C16H26N2O2. The minimum Gasteiger partial charge on any atom is -0.389 e. The highest BCUT2D eigenvalue weighted by molar-refractivity contribution is 5.20. The molecule has 0 radical (unpaired) electrons. The van der Waals surface area contributed by atoms with E-state index in [0.29, 0.717) is 19.8 Å². The van der Waals surface area contributed by atoms with Crippen molar-refractivity contribution in [1.29, 1.82) is 0 Å². The SMILES string of the molecule is Cc1ccc(COC[C@@H](O)CN2CCN(C)CC2)cc1. The Kier molecular flexibility index (Phi) is 5.98. The van der Waals surface area contributed by atoms with Crippen molar-refractivity contribution in [3.63, 3.8) is 0 Å². The van der Waals surface area contributed by atoms with E-state index in [1.807, 2.05) is 0 Å². The van der Waals surface area contributed by atoms with E-state index in [4.69, 9.17) is 4.74 Å². The number of ether oxygens (including phenoxy) is 1. The van der Waals surface area contributed by atoms with Crippen molar-refractivity contribution < 1.29 is 9.84 Å². The van der Waals surface area contributed by atoms with Gasteiger partial charge in [0, 0.05) is 32.7 Å². The molecule has 0 amide bonds. The van der Waals surface area contributed by atoms with E-state index in [2.05, 4.69) is 48.0 Å². The average Bonchev–Trinajstić information content (AvgIpc) is 2.44. The molecule has 1 heterocycles. The molecule has 4 heteroatoms. The van der Waals surface area contributed by atoms with Crippen LogP contribution in [0.4, 0.5) is 0 Å². The van der Waals surface area contributed by atoms with Crippen LogP contribution in [0.1, 0.15) is 11.1 Å². The molecule has 2 rings (SSSR count). The molecule has 1 atom stereocenters. The van der Waals surface area contributed by atoms with Crippen LogP contribution in [-0.2, 0) is 11.3 Å². The molecule has 0 unspecified atom stereocenters. The van der Waals surface area contributed by atoms with Gasteiger partial charge in [0.15, 0.2) is 0 Å². The fourth-order valence-corrected chi connectivity index (χ4v) is 2.38. The summed E-state index contributed by atoms with van der Waals surface area (Å²) in [5.41, 5.74) is 2.41. The van der Waals surface area contributed by atoms with Crippen LogP contribution < -0.4 is 0 Å². The lowest BCUT2D eigenvalue weighted by atomic mass is 10.2. The standard InChI is InChI=1S/C16H26N2O2/c1-14-3-5-15(6-4-14)12-20-13-16(19)11-18-9-7-17(2)8-10-18/h3-6,16,19H,7-13H2,1-2H3/t16-/m0/s1. The summed E-state index contributed by atoms with van der Waals surface area (Å²) in [7, 11) is 2.14. The van der Waals surface area contributed by atoms with Crippen LogP contribution in [0, 0.1) is 6.92 Å². The second-order valence-corrected chi connectivity index (χ2v) is 5.76. The van der Waals surface area contributed by atoms with E-state index in [-0.39, 0.29) is 0 Å². The zero-order chi connectivity index (χ0) is 14.4. The fraction of sp³-hybridized carbons (Fsp3) is 0.625. The van der Waals surface area contributed by atoms with E-state index in [1.165, 1.54) is 5.56 Å². The number of likely N-dealkylation sites (N-methyl/N-ethyl adjacent to an activating group) is 1. The summed E-state index contributed by atoms with van der Waals surface area (Å²) in [5, 5.41) is 10.0. The Bertz CT molecular complexity index is 386. The summed E-state index contributed by atoms with van der Waals surface area (Å²) in [6.45, 7) is 7.98. The van der Waals surface area contributed by atoms with Gasteiger partial charge in [0.25, 0.3) is 0 Å². The number of β-amino-alcohol motifs (C(OH)–C–C–N with tert-alkyl or cyclic N) is 1. The predicted octanol–water partition coefficient (Wildman–Crippen LogP) is 1.12. The maximum absolute atomic E-state index is 10.0. The van der Waals surface area contributed by atoms with Crippen LogP contribution in [0.25, 0.3) is 0 Å². The number of hydrogen-bond acceptors (Lipinski definition) is 4. The van der Waals surface area contributed by atoms with Gasteiger partial charge in [0.1, 0.15) is 0 Å². The largest absolute Gasteiger partial charge is 0.389 e. The highest BCUT2D eigenvalue weighted by atomic mass is 16.5. The zero-order valence-electron chi connectivity index (χ0n) is 12.6. The maximum atomic E-state index is 10.0. The third-order valence-electron chi connectivity index (χ3n) is 3.76. The number of benzene rings is 1. The summed E-state index contributed by atoms with van der Waals surface area (Å²) in [4.78, 5) is 4.62. The molecule has 0 spiro atoms. The van der Waals surface area contributed by atoms with Crippen molar-refractivity contribution in [2.24, 2.45) is 0 Å². The number of nitrogens with zero attached hydrogens (tertiary/aromatic N) is 2. The molecule has 1 aliphatic heterocycles. The molecular weight excluding hydrogens is 252 g/mol. The minimum absolute atomic E-state index is 0.399. The molecule has 4 nitrogen and oxygen atoms in total. The van der Waals surface area contributed by atoms with Gasteiger partial charge in [-0.05, 0) is 19.5 Å². The first kappa shape index (κ1) is 15.4. The summed E-state index contributed by atoms with van der Waals surface area (Å²) < 4.78 is 5.60. The minimum atomic E-state index is -0.399. The predicted molar refractivity (Wildman–Crippen MR) is 80.8 cm³/mol. The van der Waals surface area contributed by atoms with Crippen LogP contribution in [-0.4, -0.2) is 67.4 Å². The van der Waals surface area contributed by atoms with Crippen LogP contribution in [0.2, 0.25) is 0 Å².